The van der Waals surface area contributed by atoms with E-state index in [1.807, 2.05) is 28.8 Å². The summed E-state index contributed by atoms with van der Waals surface area (Å²) in [6.45, 7) is 0.242. The summed E-state index contributed by atoms with van der Waals surface area (Å²) in [6, 6.07) is 17.8. The van der Waals surface area contributed by atoms with E-state index in [0.29, 0.717) is 11.1 Å². The predicted molar refractivity (Wildman–Crippen MR) is 118 cm³/mol. The molecule has 8 nitrogen and oxygen atoms in total. The van der Waals surface area contributed by atoms with E-state index < -0.39 is 26.8 Å². The third kappa shape index (κ3) is 4.98. The van der Waals surface area contributed by atoms with Crippen molar-refractivity contribution in [2.24, 2.45) is 0 Å². The molecule has 0 radical (unpaired) electrons. The van der Waals surface area contributed by atoms with Crippen molar-refractivity contribution < 1.29 is 17.7 Å². The Morgan fingerprint density at radius 2 is 1.72 bits per heavy atom. The van der Waals surface area contributed by atoms with Crippen LogP contribution in [0.4, 0.5) is 10.1 Å². The highest BCUT2D eigenvalue weighted by Crippen LogP contribution is 2.22. The number of nitrogens with one attached hydrogen (secondary N) is 1. The highest BCUT2D eigenvalue weighted by Gasteiger charge is 2.22. The first kappa shape index (κ1) is 21.6. The minimum absolute atomic E-state index is 0.115. The van der Waals surface area contributed by atoms with E-state index in [1.54, 1.807) is 6.33 Å². The molecular weight excluding hydrogens is 435 g/mol. The molecule has 1 heterocycles. The van der Waals surface area contributed by atoms with Gasteiger partial charge >= 0.3 is 0 Å². The molecular formula is C22H19FN4O4S. The van der Waals surface area contributed by atoms with Gasteiger partial charge in [0.25, 0.3) is 5.69 Å². The maximum atomic E-state index is 13.4. The Kier molecular flexibility index (Phi) is 5.97. The second-order valence-corrected chi connectivity index (χ2v) is 9.04. The van der Waals surface area contributed by atoms with Gasteiger partial charge < -0.3 is 4.57 Å². The van der Waals surface area contributed by atoms with Crippen LogP contribution in [0.1, 0.15) is 17.2 Å². The van der Waals surface area contributed by atoms with E-state index >= 15 is 0 Å². The number of benzene rings is 3. The van der Waals surface area contributed by atoms with Crippen molar-refractivity contribution in [2.45, 2.75) is 18.3 Å². The van der Waals surface area contributed by atoms with E-state index in [0.717, 1.165) is 11.0 Å². The van der Waals surface area contributed by atoms with Crippen LogP contribution in [0.3, 0.4) is 0 Å². The average Bonchev–Trinajstić information content (AvgIpc) is 3.17. The fourth-order valence-electron chi connectivity index (χ4n) is 3.45. The maximum absolute atomic E-state index is 13.4. The number of nitrogens with zero attached hydrogens (tertiary/aromatic N) is 3. The third-order valence-corrected chi connectivity index (χ3v) is 6.36. The lowest BCUT2D eigenvalue weighted by Crippen LogP contribution is -2.32. The lowest BCUT2D eigenvalue weighted by molar-refractivity contribution is -0.384. The van der Waals surface area contributed by atoms with Gasteiger partial charge in [0.15, 0.2) is 0 Å². The number of rotatable bonds is 8. The zero-order valence-corrected chi connectivity index (χ0v) is 17.6. The zero-order chi connectivity index (χ0) is 22.7. The van der Waals surface area contributed by atoms with Gasteiger partial charge in [-0.15, -0.1) is 0 Å². The number of fused-ring (bicyclic) bond motifs is 1. The number of sulfonamides is 1. The SMILES string of the molecule is O=[N+]([O-])c1ccc(CS(=O)(=O)NC(Cn2cnc3ccccc32)c2ccc(F)cc2)cc1. The highest BCUT2D eigenvalue weighted by molar-refractivity contribution is 7.88. The molecule has 0 saturated heterocycles. The largest absolute Gasteiger partial charge is 0.329 e. The van der Waals surface area contributed by atoms with E-state index in [-0.39, 0.29) is 18.0 Å². The Morgan fingerprint density at radius 3 is 2.41 bits per heavy atom. The number of non-ortho nitro benzene ring substituents is 1. The van der Waals surface area contributed by atoms with Gasteiger partial charge in [0, 0.05) is 18.7 Å². The number of hydrogen-bond acceptors (Lipinski definition) is 5. The standard InChI is InChI=1S/C22H19FN4O4S/c23-18-9-7-17(8-10-18)21(13-26-15-24-20-3-1-2-4-22(20)26)25-32(30,31)14-16-5-11-19(12-6-16)27(28)29/h1-12,15,21,25H,13-14H2. The predicted octanol–water partition coefficient (Wildman–Crippen LogP) is 3.94. The number of nitro groups is 1. The molecule has 0 saturated carbocycles. The van der Waals surface area contributed by atoms with Gasteiger partial charge in [-0.05, 0) is 35.4 Å². The molecule has 0 bridgehead atoms. The van der Waals surface area contributed by atoms with Gasteiger partial charge in [0.1, 0.15) is 5.82 Å². The Hall–Kier alpha value is -3.63. The smallest absolute Gasteiger partial charge is 0.269 e. The van der Waals surface area contributed by atoms with Crippen LogP contribution >= 0.6 is 0 Å². The molecule has 1 aromatic heterocycles. The number of imidazole rings is 1. The zero-order valence-electron chi connectivity index (χ0n) is 16.8. The van der Waals surface area contributed by atoms with Crippen molar-refractivity contribution in [1.82, 2.24) is 14.3 Å². The number of para-hydroxylation sites is 2. The molecule has 0 aliphatic carbocycles. The van der Waals surface area contributed by atoms with E-state index in [4.69, 9.17) is 0 Å². The van der Waals surface area contributed by atoms with Crippen molar-refractivity contribution in [3.8, 4) is 0 Å². The molecule has 10 heteroatoms. The summed E-state index contributed by atoms with van der Waals surface area (Å²) in [5, 5.41) is 10.8. The van der Waals surface area contributed by atoms with Crippen LogP contribution in [0.2, 0.25) is 0 Å². The number of halogens is 1. The molecule has 0 amide bonds. The van der Waals surface area contributed by atoms with Crippen molar-refractivity contribution >= 4 is 26.7 Å². The molecule has 0 spiro atoms. The normalized spacial score (nSPS) is 12.7. The first-order valence-electron chi connectivity index (χ1n) is 9.69. The molecule has 0 aliphatic rings. The van der Waals surface area contributed by atoms with Crippen molar-refractivity contribution in [3.05, 3.63) is 106 Å². The van der Waals surface area contributed by atoms with E-state index in [1.165, 1.54) is 48.5 Å². The first-order valence-corrected chi connectivity index (χ1v) is 11.3. The van der Waals surface area contributed by atoms with Crippen LogP contribution < -0.4 is 4.72 Å². The van der Waals surface area contributed by atoms with Crippen molar-refractivity contribution in [2.75, 3.05) is 0 Å². The molecule has 4 aromatic rings. The molecule has 1 N–H and O–H groups in total. The summed E-state index contributed by atoms with van der Waals surface area (Å²) in [6.07, 6.45) is 1.63. The van der Waals surface area contributed by atoms with E-state index in [9.17, 15) is 22.9 Å². The van der Waals surface area contributed by atoms with Crippen LogP contribution in [-0.2, 0) is 22.3 Å². The third-order valence-electron chi connectivity index (χ3n) is 5.00. The fraction of sp³-hybridized carbons (Fsp3) is 0.136. The molecule has 32 heavy (non-hydrogen) atoms. The summed E-state index contributed by atoms with van der Waals surface area (Å²) in [7, 11) is -3.83. The molecule has 3 aromatic carbocycles. The topological polar surface area (TPSA) is 107 Å². The fourth-order valence-corrected chi connectivity index (χ4v) is 4.81. The van der Waals surface area contributed by atoms with Gasteiger partial charge in [-0.25, -0.2) is 22.5 Å². The molecule has 0 fully saturated rings. The van der Waals surface area contributed by atoms with E-state index in [2.05, 4.69) is 9.71 Å². The second kappa shape index (κ2) is 8.85. The molecule has 0 aliphatic heterocycles. The number of nitro benzene ring substituents is 1. The van der Waals surface area contributed by atoms with Crippen molar-refractivity contribution in [3.63, 3.8) is 0 Å². The van der Waals surface area contributed by atoms with Crippen LogP contribution in [-0.4, -0.2) is 22.9 Å². The van der Waals surface area contributed by atoms with Crippen LogP contribution in [0.5, 0.6) is 0 Å². The van der Waals surface area contributed by atoms with Crippen LogP contribution in [0.25, 0.3) is 11.0 Å². The molecule has 4 rings (SSSR count). The Bertz CT molecular complexity index is 1350. The Labute approximate surface area is 183 Å². The second-order valence-electron chi connectivity index (χ2n) is 7.29. The Balaban J connectivity index is 1.60. The summed E-state index contributed by atoms with van der Waals surface area (Å²) in [5.41, 5.74) is 2.51. The van der Waals surface area contributed by atoms with Gasteiger partial charge in [-0.3, -0.25) is 10.1 Å². The summed E-state index contributed by atoms with van der Waals surface area (Å²) >= 11 is 0. The number of hydrogen-bond donors (Lipinski definition) is 1. The maximum Gasteiger partial charge on any atom is 0.269 e. The highest BCUT2D eigenvalue weighted by atomic mass is 32.2. The van der Waals surface area contributed by atoms with Gasteiger partial charge in [0.05, 0.1) is 34.1 Å². The lowest BCUT2D eigenvalue weighted by Gasteiger charge is -2.20. The number of aromatic nitrogens is 2. The van der Waals surface area contributed by atoms with Crippen molar-refractivity contribution in [1.29, 1.82) is 0 Å². The average molecular weight is 454 g/mol. The Morgan fingerprint density at radius 1 is 1.03 bits per heavy atom. The summed E-state index contributed by atoms with van der Waals surface area (Å²) in [5.74, 6) is -0.776. The van der Waals surface area contributed by atoms with Gasteiger partial charge in [-0.2, -0.15) is 0 Å². The van der Waals surface area contributed by atoms with Crippen LogP contribution in [0, 0.1) is 15.9 Å². The minimum atomic E-state index is -3.83. The van der Waals surface area contributed by atoms with Gasteiger partial charge in [-0.1, -0.05) is 36.4 Å². The minimum Gasteiger partial charge on any atom is -0.329 e. The molecule has 1 unspecified atom stereocenters. The molecule has 164 valence electrons. The quantitative estimate of drug-likeness (QED) is 0.321. The lowest BCUT2D eigenvalue weighted by atomic mass is 10.1. The summed E-state index contributed by atoms with van der Waals surface area (Å²) < 4.78 is 43.8. The van der Waals surface area contributed by atoms with Gasteiger partial charge in [0.2, 0.25) is 10.0 Å². The monoisotopic (exact) mass is 454 g/mol. The first-order chi connectivity index (χ1) is 15.3. The molecule has 1 atom stereocenters. The van der Waals surface area contributed by atoms with Crippen LogP contribution in [0.15, 0.2) is 79.1 Å². The summed E-state index contributed by atoms with van der Waals surface area (Å²) in [4.78, 5) is 14.6.